The van der Waals surface area contributed by atoms with Crippen LogP contribution in [0.2, 0.25) is 5.15 Å². The number of hydrogen-bond acceptors (Lipinski definition) is 2. The summed E-state index contributed by atoms with van der Waals surface area (Å²) in [6.07, 6.45) is 0. The summed E-state index contributed by atoms with van der Waals surface area (Å²) in [5.41, 5.74) is 1.24. The molecule has 2 nitrogen and oxygen atoms in total. The third-order valence-corrected chi connectivity index (χ3v) is 3.09. The van der Waals surface area contributed by atoms with E-state index in [1.165, 1.54) is 24.3 Å². The molecule has 0 bridgehead atoms. The predicted molar refractivity (Wildman–Crippen MR) is 69.9 cm³/mol. The average molecular weight is 277 g/mol. The van der Waals surface area contributed by atoms with Crippen molar-refractivity contribution in [1.82, 2.24) is 10.2 Å². The molecule has 0 saturated heterocycles. The molecular weight excluding hydrogens is 270 g/mol. The van der Waals surface area contributed by atoms with Crippen LogP contribution in [-0.4, -0.2) is 10.2 Å². The van der Waals surface area contributed by atoms with Crippen molar-refractivity contribution in [3.05, 3.63) is 59.3 Å². The molecule has 0 aliphatic rings. The third-order valence-electron chi connectivity index (χ3n) is 2.81. The lowest BCUT2D eigenvalue weighted by molar-refractivity contribution is 0.628. The van der Waals surface area contributed by atoms with Crippen LogP contribution in [0.15, 0.2) is 42.5 Å². The highest BCUT2D eigenvalue weighted by molar-refractivity contribution is 6.34. The molecule has 19 heavy (non-hydrogen) atoms. The van der Waals surface area contributed by atoms with Crippen LogP contribution >= 0.6 is 11.6 Å². The van der Waals surface area contributed by atoms with E-state index in [1.54, 1.807) is 18.2 Å². The summed E-state index contributed by atoms with van der Waals surface area (Å²) >= 11 is 5.91. The van der Waals surface area contributed by atoms with Crippen LogP contribution in [-0.2, 0) is 0 Å². The molecule has 2 aromatic carbocycles. The first-order valence-electron chi connectivity index (χ1n) is 5.52. The van der Waals surface area contributed by atoms with Crippen molar-refractivity contribution in [2.75, 3.05) is 0 Å². The first-order chi connectivity index (χ1) is 9.15. The standard InChI is InChI=1S/C14H7ClF2N2/c15-14-12-7-10(17)5-6-11(12)13(18-19-14)8-1-3-9(16)4-2-8/h1-7H. The SMILES string of the molecule is Fc1ccc(-c2nnc(Cl)c3cc(F)ccc23)cc1. The summed E-state index contributed by atoms with van der Waals surface area (Å²) < 4.78 is 26.2. The fourth-order valence-corrected chi connectivity index (χ4v) is 2.11. The second-order valence-corrected chi connectivity index (χ2v) is 4.39. The van der Waals surface area contributed by atoms with Crippen molar-refractivity contribution in [2.45, 2.75) is 0 Å². The second-order valence-electron chi connectivity index (χ2n) is 4.04. The van der Waals surface area contributed by atoms with E-state index >= 15 is 0 Å². The number of benzene rings is 2. The molecule has 0 N–H and O–H groups in total. The van der Waals surface area contributed by atoms with Gasteiger partial charge in [0.05, 0.1) is 0 Å². The van der Waals surface area contributed by atoms with Gasteiger partial charge in [0.1, 0.15) is 17.3 Å². The van der Waals surface area contributed by atoms with Gasteiger partial charge in [-0.1, -0.05) is 11.6 Å². The van der Waals surface area contributed by atoms with Gasteiger partial charge in [0, 0.05) is 16.3 Å². The van der Waals surface area contributed by atoms with Gasteiger partial charge in [-0.25, -0.2) is 8.78 Å². The number of hydrogen-bond donors (Lipinski definition) is 0. The molecule has 0 fully saturated rings. The first kappa shape index (κ1) is 12.0. The normalized spacial score (nSPS) is 10.9. The van der Waals surface area contributed by atoms with E-state index in [1.807, 2.05) is 0 Å². The minimum Gasteiger partial charge on any atom is -0.207 e. The Morgan fingerprint density at radius 2 is 1.47 bits per heavy atom. The fraction of sp³-hybridized carbons (Fsp3) is 0. The zero-order chi connectivity index (χ0) is 13.4. The zero-order valence-electron chi connectivity index (χ0n) is 9.57. The zero-order valence-corrected chi connectivity index (χ0v) is 10.3. The summed E-state index contributed by atoms with van der Waals surface area (Å²) in [6.45, 7) is 0. The van der Waals surface area contributed by atoms with Crippen LogP contribution in [0.4, 0.5) is 8.78 Å². The van der Waals surface area contributed by atoms with E-state index in [2.05, 4.69) is 10.2 Å². The van der Waals surface area contributed by atoms with Crippen LogP contribution < -0.4 is 0 Å². The minimum absolute atomic E-state index is 0.139. The number of halogens is 3. The van der Waals surface area contributed by atoms with E-state index in [4.69, 9.17) is 11.6 Å². The van der Waals surface area contributed by atoms with E-state index in [9.17, 15) is 8.78 Å². The fourth-order valence-electron chi connectivity index (χ4n) is 1.92. The van der Waals surface area contributed by atoms with E-state index in [0.29, 0.717) is 22.0 Å². The van der Waals surface area contributed by atoms with Crippen LogP contribution in [0.1, 0.15) is 0 Å². The Morgan fingerprint density at radius 3 is 2.21 bits per heavy atom. The number of aromatic nitrogens is 2. The predicted octanol–water partition coefficient (Wildman–Crippen LogP) is 4.23. The molecular formula is C14H7ClF2N2. The first-order valence-corrected chi connectivity index (χ1v) is 5.90. The molecule has 0 atom stereocenters. The molecule has 94 valence electrons. The van der Waals surface area contributed by atoms with Gasteiger partial charge < -0.3 is 0 Å². The summed E-state index contributed by atoms with van der Waals surface area (Å²) in [6, 6.07) is 10.1. The lowest BCUT2D eigenvalue weighted by Crippen LogP contribution is -1.92. The second kappa shape index (κ2) is 4.55. The maximum absolute atomic E-state index is 13.2. The Hall–Kier alpha value is -2.07. The highest BCUT2D eigenvalue weighted by atomic mass is 35.5. The highest BCUT2D eigenvalue weighted by Gasteiger charge is 2.10. The Bertz CT molecular complexity index is 757. The quantitative estimate of drug-likeness (QED) is 0.665. The molecule has 0 spiro atoms. The third kappa shape index (κ3) is 2.15. The van der Waals surface area contributed by atoms with Crippen LogP contribution in [0.3, 0.4) is 0 Å². The van der Waals surface area contributed by atoms with Crippen molar-refractivity contribution in [3.63, 3.8) is 0 Å². The summed E-state index contributed by atoms with van der Waals surface area (Å²) in [5.74, 6) is -0.728. The molecule has 1 heterocycles. The lowest BCUT2D eigenvalue weighted by Gasteiger charge is -2.06. The van der Waals surface area contributed by atoms with Gasteiger partial charge in [0.25, 0.3) is 0 Å². The van der Waals surface area contributed by atoms with Crippen molar-refractivity contribution < 1.29 is 8.78 Å². The van der Waals surface area contributed by atoms with E-state index < -0.39 is 5.82 Å². The molecule has 1 aromatic heterocycles. The van der Waals surface area contributed by atoms with Crippen molar-refractivity contribution in [1.29, 1.82) is 0 Å². The molecule has 3 aromatic rings. The largest absolute Gasteiger partial charge is 0.207 e. The summed E-state index contributed by atoms with van der Waals surface area (Å²) in [4.78, 5) is 0. The smallest absolute Gasteiger partial charge is 0.159 e. The van der Waals surface area contributed by atoms with Crippen LogP contribution in [0.25, 0.3) is 22.0 Å². The molecule has 0 aliphatic carbocycles. The van der Waals surface area contributed by atoms with Crippen molar-refractivity contribution in [3.8, 4) is 11.3 Å². The molecule has 0 radical (unpaired) electrons. The maximum Gasteiger partial charge on any atom is 0.159 e. The van der Waals surface area contributed by atoms with Gasteiger partial charge in [-0.15, -0.1) is 10.2 Å². The highest BCUT2D eigenvalue weighted by Crippen LogP contribution is 2.30. The topological polar surface area (TPSA) is 25.8 Å². The number of nitrogens with zero attached hydrogens (tertiary/aromatic N) is 2. The van der Waals surface area contributed by atoms with Crippen LogP contribution in [0.5, 0.6) is 0 Å². The Morgan fingerprint density at radius 1 is 0.789 bits per heavy atom. The number of rotatable bonds is 1. The Balaban J connectivity index is 2.30. The Kier molecular flexibility index (Phi) is 2.87. The molecule has 0 unspecified atom stereocenters. The summed E-state index contributed by atoms with van der Waals surface area (Å²) in [5, 5.41) is 9.11. The Labute approximate surface area is 112 Å². The van der Waals surface area contributed by atoms with E-state index in [0.717, 1.165) is 0 Å². The van der Waals surface area contributed by atoms with Gasteiger partial charge in [-0.2, -0.15) is 0 Å². The molecule has 3 rings (SSSR count). The monoisotopic (exact) mass is 276 g/mol. The minimum atomic E-state index is -0.396. The van der Waals surface area contributed by atoms with Gasteiger partial charge >= 0.3 is 0 Å². The van der Waals surface area contributed by atoms with Crippen molar-refractivity contribution in [2.24, 2.45) is 0 Å². The maximum atomic E-state index is 13.2. The van der Waals surface area contributed by atoms with Gasteiger partial charge in [-0.05, 0) is 42.5 Å². The number of fused-ring (bicyclic) bond motifs is 1. The molecule has 5 heteroatoms. The molecule has 0 amide bonds. The average Bonchev–Trinajstić information content (AvgIpc) is 2.41. The molecule has 0 saturated carbocycles. The summed E-state index contributed by atoms with van der Waals surface area (Å²) in [7, 11) is 0. The van der Waals surface area contributed by atoms with E-state index in [-0.39, 0.29) is 11.0 Å². The van der Waals surface area contributed by atoms with Gasteiger partial charge in [0.2, 0.25) is 0 Å². The molecule has 0 aliphatic heterocycles. The van der Waals surface area contributed by atoms with Gasteiger partial charge in [-0.3, -0.25) is 0 Å². The van der Waals surface area contributed by atoms with Crippen molar-refractivity contribution >= 4 is 22.4 Å². The van der Waals surface area contributed by atoms with Gasteiger partial charge in [0.15, 0.2) is 5.15 Å². The van der Waals surface area contributed by atoms with Crippen LogP contribution in [0, 0.1) is 11.6 Å². The lowest BCUT2D eigenvalue weighted by atomic mass is 10.1.